The van der Waals surface area contributed by atoms with Crippen LogP contribution in [-0.4, -0.2) is 37.8 Å². The van der Waals surface area contributed by atoms with Crippen LogP contribution in [0, 0.1) is 0 Å². The number of fused-ring (bicyclic) bond motifs is 1. The van der Waals surface area contributed by atoms with Crippen LogP contribution in [0.25, 0.3) is 6.08 Å². The van der Waals surface area contributed by atoms with Gasteiger partial charge in [-0.2, -0.15) is 0 Å². The molecular weight excluding hydrogens is 462 g/mol. The Bertz CT molecular complexity index is 1450. The second-order valence-electron chi connectivity index (χ2n) is 8.26. The lowest BCUT2D eigenvalue weighted by Crippen LogP contribution is -2.40. The fraction of sp³-hybridized carbons (Fsp3) is 0.296. The van der Waals surface area contributed by atoms with E-state index in [9.17, 15) is 9.59 Å². The number of carbonyl (C=O) groups excluding carboxylic acids is 1. The standard InChI is InChI=1S/C27H29N3O4S/c1-6-33-21-11-9-8-10-20(21)24-23(26(32)34-7-2)17(3)28-27-30(24)25(31)22(35-27)16-18-12-14-19(15-13-18)29(4)5/h8-16,24H,6-7H2,1-5H3/b22-16-/t24-/m1/s1. The highest BCUT2D eigenvalue weighted by Crippen LogP contribution is 2.35. The zero-order chi connectivity index (χ0) is 25.1. The molecule has 1 aromatic heterocycles. The predicted molar refractivity (Wildman–Crippen MR) is 139 cm³/mol. The van der Waals surface area contributed by atoms with Gasteiger partial charge in [-0.3, -0.25) is 9.36 Å². The van der Waals surface area contributed by atoms with Crippen LogP contribution in [0.5, 0.6) is 5.75 Å². The predicted octanol–water partition coefficient (Wildman–Crippen LogP) is 3.26. The Morgan fingerprint density at radius 2 is 1.83 bits per heavy atom. The molecule has 1 aliphatic rings. The van der Waals surface area contributed by atoms with Crippen LogP contribution < -0.4 is 24.5 Å². The van der Waals surface area contributed by atoms with Crippen molar-refractivity contribution in [3.8, 4) is 5.75 Å². The van der Waals surface area contributed by atoms with Crippen molar-refractivity contribution in [3.05, 3.63) is 90.6 Å². The zero-order valence-corrected chi connectivity index (χ0v) is 21.4. The zero-order valence-electron chi connectivity index (χ0n) is 20.6. The van der Waals surface area contributed by atoms with Gasteiger partial charge in [0.05, 0.1) is 29.0 Å². The van der Waals surface area contributed by atoms with E-state index in [1.54, 1.807) is 18.4 Å². The minimum atomic E-state index is -0.702. The van der Waals surface area contributed by atoms with E-state index < -0.39 is 12.0 Å². The number of hydrogen-bond acceptors (Lipinski definition) is 7. The van der Waals surface area contributed by atoms with Gasteiger partial charge in [0.1, 0.15) is 11.8 Å². The van der Waals surface area contributed by atoms with Crippen LogP contribution in [0.2, 0.25) is 0 Å². The summed E-state index contributed by atoms with van der Waals surface area (Å²) in [6, 6.07) is 14.7. The number of ether oxygens (including phenoxy) is 2. The van der Waals surface area contributed by atoms with Crippen molar-refractivity contribution >= 4 is 29.1 Å². The Balaban J connectivity index is 1.93. The molecular formula is C27H29N3O4S. The Morgan fingerprint density at radius 3 is 2.49 bits per heavy atom. The fourth-order valence-corrected chi connectivity index (χ4v) is 5.15. The minimum Gasteiger partial charge on any atom is -0.494 e. The molecule has 0 radical (unpaired) electrons. The number of hydrogen-bond donors (Lipinski definition) is 0. The quantitative estimate of drug-likeness (QED) is 0.475. The van der Waals surface area contributed by atoms with Gasteiger partial charge in [-0.05, 0) is 50.6 Å². The van der Waals surface area contributed by atoms with Crippen molar-refractivity contribution in [1.82, 2.24) is 4.57 Å². The first kappa shape index (κ1) is 24.5. The molecule has 7 nitrogen and oxygen atoms in total. The summed E-state index contributed by atoms with van der Waals surface area (Å²) in [6.45, 7) is 6.12. The van der Waals surface area contributed by atoms with E-state index in [1.807, 2.05) is 80.5 Å². The maximum atomic E-state index is 13.7. The first-order chi connectivity index (χ1) is 16.8. The van der Waals surface area contributed by atoms with Gasteiger partial charge in [0.2, 0.25) is 0 Å². The SMILES string of the molecule is CCOC(=O)C1=C(C)N=c2s/c(=C\c3ccc(N(C)C)cc3)c(=O)n2[C@@H]1c1ccccc1OCC. The Morgan fingerprint density at radius 1 is 1.11 bits per heavy atom. The maximum absolute atomic E-state index is 13.7. The van der Waals surface area contributed by atoms with Gasteiger partial charge in [-0.25, -0.2) is 9.79 Å². The van der Waals surface area contributed by atoms with Crippen LogP contribution in [-0.2, 0) is 9.53 Å². The number of aromatic nitrogens is 1. The fourth-order valence-electron chi connectivity index (χ4n) is 4.10. The van der Waals surface area contributed by atoms with Crippen molar-refractivity contribution in [2.45, 2.75) is 26.8 Å². The summed E-state index contributed by atoms with van der Waals surface area (Å²) in [5.41, 5.74) is 3.36. The topological polar surface area (TPSA) is 73.1 Å². The summed E-state index contributed by atoms with van der Waals surface area (Å²) < 4.78 is 13.4. The summed E-state index contributed by atoms with van der Waals surface area (Å²) in [4.78, 5) is 34.0. The molecule has 0 saturated carbocycles. The first-order valence-electron chi connectivity index (χ1n) is 11.5. The highest BCUT2D eigenvalue weighted by molar-refractivity contribution is 7.07. The molecule has 0 unspecified atom stereocenters. The molecule has 3 aromatic rings. The van der Waals surface area contributed by atoms with Crippen molar-refractivity contribution in [2.24, 2.45) is 4.99 Å². The number of anilines is 1. The van der Waals surface area contributed by atoms with E-state index in [0.717, 1.165) is 16.8 Å². The van der Waals surface area contributed by atoms with Crippen LogP contribution in [0.4, 0.5) is 5.69 Å². The van der Waals surface area contributed by atoms with Gasteiger partial charge in [0.15, 0.2) is 4.80 Å². The average Bonchev–Trinajstić information content (AvgIpc) is 3.13. The number of esters is 1. The smallest absolute Gasteiger partial charge is 0.338 e. The second-order valence-corrected chi connectivity index (χ2v) is 9.27. The monoisotopic (exact) mass is 491 g/mol. The number of nitrogens with zero attached hydrogens (tertiary/aromatic N) is 3. The summed E-state index contributed by atoms with van der Waals surface area (Å²) >= 11 is 1.31. The molecule has 2 aromatic carbocycles. The number of carbonyl (C=O) groups is 1. The van der Waals surface area contributed by atoms with E-state index in [4.69, 9.17) is 9.47 Å². The van der Waals surface area contributed by atoms with E-state index in [1.165, 1.54) is 11.3 Å². The van der Waals surface area contributed by atoms with E-state index in [-0.39, 0.29) is 12.2 Å². The lowest BCUT2D eigenvalue weighted by molar-refractivity contribution is -0.139. The van der Waals surface area contributed by atoms with Crippen LogP contribution in [0.15, 0.2) is 69.6 Å². The molecule has 182 valence electrons. The molecule has 0 amide bonds. The lowest BCUT2D eigenvalue weighted by Gasteiger charge is -2.26. The molecule has 0 aliphatic carbocycles. The Labute approximate surface area is 208 Å². The molecule has 0 spiro atoms. The van der Waals surface area contributed by atoms with E-state index >= 15 is 0 Å². The van der Waals surface area contributed by atoms with Crippen molar-refractivity contribution in [2.75, 3.05) is 32.2 Å². The first-order valence-corrected chi connectivity index (χ1v) is 12.4. The molecule has 0 bridgehead atoms. The van der Waals surface area contributed by atoms with Gasteiger partial charge >= 0.3 is 5.97 Å². The summed E-state index contributed by atoms with van der Waals surface area (Å²) in [5.74, 6) is 0.129. The minimum absolute atomic E-state index is 0.212. The molecule has 8 heteroatoms. The summed E-state index contributed by atoms with van der Waals surface area (Å²) in [7, 11) is 3.97. The van der Waals surface area contributed by atoms with Crippen molar-refractivity contribution in [3.63, 3.8) is 0 Å². The molecule has 2 heterocycles. The molecule has 0 saturated heterocycles. The maximum Gasteiger partial charge on any atom is 0.338 e. The van der Waals surface area contributed by atoms with Crippen molar-refractivity contribution in [1.29, 1.82) is 0 Å². The van der Waals surface area contributed by atoms with E-state index in [0.29, 0.717) is 33.0 Å². The molecule has 0 fully saturated rings. The number of thiazole rings is 1. The molecule has 0 N–H and O–H groups in total. The highest BCUT2D eigenvalue weighted by Gasteiger charge is 2.35. The third kappa shape index (κ3) is 4.79. The van der Waals surface area contributed by atoms with Gasteiger partial charge in [-0.1, -0.05) is 41.7 Å². The molecule has 1 aliphatic heterocycles. The lowest BCUT2D eigenvalue weighted by atomic mass is 9.95. The third-order valence-electron chi connectivity index (χ3n) is 5.74. The molecule has 1 atom stereocenters. The average molecular weight is 492 g/mol. The third-order valence-corrected chi connectivity index (χ3v) is 6.72. The van der Waals surface area contributed by atoms with Gasteiger partial charge in [0.25, 0.3) is 5.56 Å². The highest BCUT2D eigenvalue weighted by atomic mass is 32.1. The number of allylic oxidation sites excluding steroid dienone is 1. The number of benzene rings is 2. The Hall–Kier alpha value is -3.65. The largest absolute Gasteiger partial charge is 0.494 e. The van der Waals surface area contributed by atoms with Crippen molar-refractivity contribution < 1.29 is 14.3 Å². The van der Waals surface area contributed by atoms with Crippen LogP contribution in [0.3, 0.4) is 0 Å². The van der Waals surface area contributed by atoms with Crippen LogP contribution >= 0.6 is 11.3 Å². The molecule has 35 heavy (non-hydrogen) atoms. The summed E-state index contributed by atoms with van der Waals surface area (Å²) in [6.07, 6.45) is 1.86. The van der Waals surface area contributed by atoms with E-state index in [2.05, 4.69) is 4.99 Å². The van der Waals surface area contributed by atoms with Gasteiger partial charge in [-0.15, -0.1) is 0 Å². The van der Waals surface area contributed by atoms with Gasteiger partial charge < -0.3 is 14.4 Å². The summed E-state index contributed by atoms with van der Waals surface area (Å²) in [5, 5.41) is 0. The number of rotatable bonds is 7. The normalized spacial score (nSPS) is 15.5. The number of para-hydroxylation sites is 1. The Kier molecular flexibility index (Phi) is 7.21. The molecule has 4 rings (SSSR count). The van der Waals surface area contributed by atoms with Crippen LogP contribution in [0.1, 0.15) is 37.9 Å². The second kappa shape index (κ2) is 10.3. The van der Waals surface area contributed by atoms with Gasteiger partial charge in [0, 0.05) is 25.3 Å².